The van der Waals surface area contributed by atoms with E-state index in [-0.39, 0.29) is 11.4 Å². The van der Waals surface area contributed by atoms with Crippen LogP contribution < -0.4 is 4.74 Å². The lowest BCUT2D eigenvalue weighted by atomic mass is 9.87. The topological polar surface area (TPSA) is 26.3 Å². The van der Waals surface area contributed by atoms with Crippen molar-refractivity contribution in [1.82, 2.24) is 0 Å². The van der Waals surface area contributed by atoms with E-state index in [1.54, 1.807) is 0 Å². The Morgan fingerprint density at radius 2 is 1.56 bits per heavy atom. The van der Waals surface area contributed by atoms with Gasteiger partial charge in [-0.1, -0.05) is 65.3 Å². The second-order valence-electron chi connectivity index (χ2n) is 7.68. The van der Waals surface area contributed by atoms with Crippen LogP contribution in [0.3, 0.4) is 0 Å². The van der Waals surface area contributed by atoms with Crippen LogP contribution in [0.5, 0.6) is 5.75 Å². The zero-order chi connectivity index (χ0) is 18.4. The van der Waals surface area contributed by atoms with Crippen LogP contribution in [-0.4, -0.2) is 5.97 Å². The third-order valence-corrected chi connectivity index (χ3v) is 4.68. The van der Waals surface area contributed by atoms with Gasteiger partial charge in [-0.05, 0) is 59.6 Å². The summed E-state index contributed by atoms with van der Waals surface area (Å²) in [6, 6.07) is 15.6. The maximum Gasteiger partial charge on any atom is 0.343 e. The molecule has 2 heteroatoms. The third-order valence-electron chi connectivity index (χ3n) is 4.68. The lowest BCUT2D eigenvalue weighted by molar-refractivity contribution is 0.0734. The fraction of sp³-hybridized carbons (Fsp3) is 0.435. The highest BCUT2D eigenvalue weighted by molar-refractivity contribution is 5.91. The number of carbonyl (C=O) groups is 1. The van der Waals surface area contributed by atoms with Crippen molar-refractivity contribution in [2.75, 3.05) is 0 Å². The third kappa shape index (κ3) is 5.19. The largest absolute Gasteiger partial charge is 0.423 e. The highest BCUT2D eigenvalue weighted by atomic mass is 16.5. The van der Waals surface area contributed by atoms with E-state index in [2.05, 4.69) is 46.8 Å². The minimum atomic E-state index is -0.307. The van der Waals surface area contributed by atoms with Gasteiger partial charge >= 0.3 is 5.97 Å². The second-order valence-corrected chi connectivity index (χ2v) is 7.68. The quantitative estimate of drug-likeness (QED) is 0.444. The molecule has 25 heavy (non-hydrogen) atoms. The van der Waals surface area contributed by atoms with Gasteiger partial charge in [-0.2, -0.15) is 0 Å². The van der Waals surface area contributed by atoms with Gasteiger partial charge < -0.3 is 4.74 Å². The van der Waals surface area contributed by atoms with E-state index in [0.29, 0.717) is 17.2 Å². The predicted molar refractivity (Wildman–Crippen MR) is 104 cm³/mol. The molecular formula is C23H30O2. The van der Waals surface area contributed by atoms with Crippen LogP contribution in [0.15, 0.2) is 48.5 Å². The smallest absolute Gasteiger partial charge is 0.343 e. The molecule has 0 aromatic heterocycles. The van der Waals surface area contributed by atoms with Crippen molar-refractivity contribution in [1.29, 1.82) is 0 Å². The molecule has 2 nitrogen and oxygen atoms in total. The first-order chi connectivity index (χ1) is 11.8. The molecule has 1 unspecified atom stereocenters. The van der Waals surface area contributed by atoms with Crippen LogP contribution in [0.1, 0.15) is 81.3 Å². The molecule has 0 spiro atoms. The van der Waals surface area contributed by atoms with Gasteiger partial charge in [0.05, 0.1) is 5.56 Å². The van der Waals surface area contributed by atoms with E-state index in [0.717, 1.165) is 6.42 Å². The van der Waals surface area contributed by atoms with Crippen molar-refractivity contribution in [2.24, 2.45) is 0 Å². The van der Waals surface area contributed by atoms with Crippen LogP contribution >= 0.6 is 0 Å². The van der Waals surface area contributed by atoms with Crippen molar-refractivity contribution < 1.29 is 9.53 Å². The SMILES string of the molecule is CCCC(CC)c1ccc(C(=O)Oc2ccc(C(C)(C)C)cc2)cc1. The summed E-state index contributed by atoms with van der Waals surface area (Å²) in [5.41, 5.74) is 3.20. The van der Waals surface area contributed by atoms with Gasteiger partial charge in [-0.15, -0.1) is 0 Å². The second kappa shape index (κ2) is 8.33. The van der Waals surface area contributed by atoms with Crippen molar-refractivity contribution >= 4 is 5.97 Å². The summed E-state index contributed by atoms with van der Waals surface area (Å²) in [6.45, 7) is 10.9. The van der Waals surface area contributed by atoms with Crippen molar-refractivity contribution in [2.45, 2.75) is 65.2 Å². The van der Waals surface area contributed by atoms with Gasteiger partial charge in [0.1, 0.15) is 5.75 Å². The van der Waals surface area contributed by atoms with E-state index < -0.39 is 0 Å². The van der Waals surface area contributed by atoms with Gasteiger partial charge in [0.2, 0.25) is 0 Å². The lowest BCUT2D eigenvalue weighted by Crippen LogP contribution is -2.12. The van der Waals surface area contributed by atoms with Crippen molar-refractivity contribution in [3.8, 4) is 5.75 Å². The number of carbonyl (C=O) groups excluding carboxylic acids is 1. The number of hydrogen-bond acceptors (Lipinski definition) is 2. The van der Waals surface area contributed by atoms with Crippen molar-refractivity contribution in [3.63, 3.8) is 0 Å². The summed E-state index contributed by atoms with van der Waals surface area (Å²) in [4.78, 5) is 12.4. The average Bonchev–Trinajstić information content (AvgIpc) is 2.59. The number of esters is 1. The summed E-state index contributed by atoms with van der Waals surface area (Å²) < 4.78 is 5.50. The molecule has 0 heterocycles. The number of rotatable bonds is 6. The molecule has 1 atom stereocenters. The van der Waals surface area contributed by atoms with E-state index in [1.807, 2.05) is 36.4 Å². The van der Waals surface area contributed by atoms with E-state index in [1.165, 1.54) is 24.0 Å². The average molecular weight is 338 g/mol. The Kier molecular flexibility index (Phi) is 6.41. The molecule has 0 N–H and O–H groups in total. The van der Waals surface area contributed by atoms with Gasteiger partial charge in [0.15, 0.2) is 0 Å². The molecule has 134 valence electrons. The molecule has 0 saturated heterocycles. The summed E-state index contributed by atoms with van der Waals surface area (Å²) >= 11 is 0. The van der Waals surface area contributed by atoms with Crippen LogP contribution in [0.4, 0.5) is 0 Å². The molecule has 0 amide bonds. The monoisotopic (exact) mass is 338 g/mol. The summed E-state index contributed by atoms with van der Waals surface area (Å²) in [5, 5.41) is 0. The number of benzene rings is 2. The number of ether oxygens (including phenoxy) is 1. The maximum atomic E-state index is 12.4. The Morgan fingerprint density at radius 3 is 2.04 bits per heavy atom. The Labute approximate surface area is 152 Å². The fourth-order valence-electron chi connectivity index (χ4n) is 3.04. The highest BCUT2D eigenvalue weighted by Crippen LogP contribution is 2.26. The van der Waals surface area contributed by atoms with Crippen LogP contribution in [0.25, 0.3) is 0 Å². The molecule has 0 radical (unpaired) electrons. The van der Waals surface area contributed by atoms with Crippen LogP contribution in [0, 0.1) is 0 Å². The van der Waals surface area contributed by atoms with Gasteiger partial charge in [-0.3, -0.25) is 0 Å². The zero-order valence-electron chi connectivity index (χ0n) is 16.1. The summed E-state index contributed by atoms with van der Waals surface area (Å²) in [5.74, 6) is 0.845. The minimum absolute atomic E-state index is 0.0900. The normalized spacial score (nSPS) is 12.7. The van der Waals surface area contributed by atoms with E-state index in [9.17, 15) is 4.79 Å². The van der Waals surface area contributed by atoms with Gasteiger partial charge in [-0.25, -0.2) is 4.79 Å². The lowest BCUT2D eigenvalue weighted by Gasteiger charge is -2.19. The van der Waals surface area contributed by atoms with E-state index in [4.69, 9.17) is 4.74 Å². The molecular weight excluding hydrogens is 308 g/mol. The molecule has 0 saturated carbocycles. The molecule has 0 fully saturated rings. The van der Waals surface area contributed by atoms with Crippen LogP contribution in [-0.2, 0) is 5.41 Å². The van der Waals surface area contributed by atoms with Gasteiger partial charge in [0.25, 0.3) is 0 Å². The first-order valence-corrected chi connectivity index (χ1v) is 9.27. The minimum Gasteiger partial charge on any atom is -0.423 e. The van der Waals surface area contributed by atoms with Crippen LogP contribution in [0.2, 0.25) is 0 Å². The fourth-order valence-corrected chi connectivity index (χ4v) is 3.04. The van der Waals surface area contributed by atoms with Crippen molar-refractivity contribution in [3.05, 3.63) is 65.2 Å². The maximum absolute atomic E-state index is 12.4. The molecule has 2 aromatic rings. The molecule has 0 aliphatic heterocycles. The van der Waals surface area contributed by atoms with Gasteiger partial charge in [0, 0.05) is 0 Å². The summed E-state index contributed by atoms with van der Waals surface area (Å²) in [6.07, 6.45) is 3.48. The molecule has 0 bridgehead atoms. The Hall–Kier alpha value is -2.09. The zero-order valence-corrected chi connectivity index (χ0v) is 16.1. The molecule has 0 aliphatic rings. The van der Waals surface area contributed by atoms with E-state index >= 15 is 0 Å². The summed E-state index contributed by atoms with van der Waals surface area (Å²) in [7, 11) is 0. The molecule has 2 rings (SSSR count). The Balaban J connectivity index is 2.05. The number of hydrogen-bond donors (Lipinski definition) is 0. The highest BCUT2D eigenvalue weighted by Gasteiger charge is 2.15. The predicted octanol–water partition coefficient (Wildman–Crippen LogP) is 6.50. The standard InChI is InChI=1S/C23H30O2/c1-6-8-17(7-2)18-9-11-19(12-10-18)22(24)25-21-15-13-20(14-16-21)23(3,4)5/h9-17H,6-8H2,1-5H3. The molecule has 0 aliphatic carbocycles. The first-order valence-electron chi connectivity index (χ1n) is 9.27. The Bertz CT molecular complexity index is 676. The first kappa shape index (κ1) is 19.2. The molecule has 2 aromatic carbocycles. The Morgan fingerprint density at radius 1 is 0.960 bits per heavy atom.